The first-order chi connectivity index (χ1) is 16.2. The number of hydrogen-bond acceptors (Lipinski definition) is 7. The highest BCUT2D eigenvalue weighted by Gasteiger charge is 2.26. The Bertz CT molecular complexity index is 1180. The highest BCUT2D eigenvalue weighted by Crippen LogP contribution is 2.24. The fourth-order valence-electron chi connectivity index (χ4n) is 3.82. The number of aromatic amines is 1. The van der Waals surface area contributed by atoms with E-state index in [1.807, 2.05) is 51.1 Å². The van der Waals surface area contributed by atoms with Crippen molar-refractivity contribution >= 4 is 33.6 Å². The quantitative estimate of drug-likeness (QED) is 0.571. The van der Waals surface area contributed by atoms with Crippen molar-refractivity contribution in [3.63, 3.8) is 0 Å². The Labute approximate surface area is 201 Å². The number of aromatic nitrogens is 3. The molecule has 3 aromatic rings. The van der Waals surface area contributed by atoms with Crippen molar-refractivity contribution in [1.29, 1.82) is 0 Å². The van der Waals surface area contributed by atoms with Crippen molar-refractivity contribution in [1.82, 2.24) is 19.9 Å². The van der Waals surface area contributed by atoms with E-state index in [0.717, 1.165) is 28.0 Å². The lowest BCUT2D eigenvalue weighted by molar-refractivity contribution is 0.0240. The number of rotatable bonds is 6. The average Bonchev–Trinajstić information content (AvgIpc) is 3.22. The maximum Gasteiger partial charge on any atom is 0.410 e. The number of carbonyl (C=O) groups is 1. The van der Waals surface area contributed by atoms with E-state index in [1.54, 1.807) is 18.2 Å². The Hall–Kier alpha value is -2.98. The molecule has 1 N–H and O–H groups in total. The maximum atomic E-state index is 12.9. The lowest BCUT2D eigenvalue weighted by atomic mass is 10.2. The SMILES string of the molecule is COCc1ccnc(CS(=O)c2nc3ccc(N4CCN(C(=O)OC(C)(C)C)CC4)cc3[nH]2)c1. The zero-order chi connectivity index (χ0) is 24.3. The van der Waals surface area contributed by atoms with Crippen LogP contribution in [0.2, 0.25) is 0 Å². The third-order valence-corrected chi connectivity index (χ3v) is 6.61. The third-order valence-electron chi connectivity index (χ3n) is 5.43. The van der Waals surface area contributed by atoms with Gasteiger partial charge in [-0.1, -0.05) is 0 Å². The van der Waals surface area contributed by atoms with Gasteiger partial charge in [-0.2, -0.15) is 0 Å². The molecule has 1 amide bonds. The van der Waals surface area contributed by atoms with Crippen LogP contribution in [0.1, 0.15) is 32.0 Å². The summed E-state index contributed by atoms with van der Waals surface area (Å²) in [6.45, 7) is 8.72. The molecule has 0 radical (unpaired) electrons. The number of anilines is 1. The maximum absolute atomic E-state index is 12.9. The molecule has 34 heavy (non-hydrogen) atoms. The number of H-pyrrole nitrogens is 1. The summed E-state index contributed by atoms with van der Waals surface area (Å²) < 4.78 is 23.6. The van der Waals surface area contributed by atoms with Crippen LogP contribution in [0.3, 0.4) is 0 Å². The van der Waals surface area contributed by atoms with E-state index in [9.17, 15) is 9.00 Å². The van der Waals surface area contributed by atoms with E-state index < -0.39 is 16.4 Å². The van der Waals surface area contributed by atoms with E-state index in [4.69, 9.17) is 9.47 Å². The number of pyridine rings is 1. The Morgan fingerprint density at radius 2 is 1.91 bits per heavy atom. The summed E-state index contributed by atoms with van der Waals surface area (Å²) in [5.74, 6) is 0.275. The van der Waals surface area contributed by atoms with Crippen molar-refractivity contribution in [3.05, 3.63) is 47.8 Å². The van der Waals surface area contributed by atoms with Gasteiger partial charge in [-0.25, -0.2) is 9.78 Å². The van der Waals surface area contributed by atoms with E-state index in [0.29, 0.717) is 37.9 Å². The molecule has 0 spiro atoms. The van der Waals surface area contributed by atoms with Crippen molar-refractivity contribution in [3.8, 4) is 0 Å². The average molecular weight is 486 g/mol. The molecular weight excluding hydrogens is 454 g/mol. The fraction of sp³-hybridized carbons (Fsp3) is 0.458. The molecule has 3 heterocycles. The van der Waals surface area contributed by atoms with E-state index in [2.05, 4.69) is 19.9 Å². The number of ether oxygens (including phenoxy) is 2. The number of methoxy groups -OCH3 is 1. The first kappa shape index (κ1) is 24.2. The number of nitrogens with one attached hydrogen (secondary N) is 1. The second kappa shape index (κ2) is 10.1. The molecule has 1 saturated heterocycles. The van der Waals surface area contributed by atoms with Gasteiger partial charge in [-0.05, 0) is 56.7 Å². The molecule has 4 rings (SSSR count). The van der Waals surface area contributed by atoms with Gasteiger partial charge in [0.15, 0.2) is 5.16 Å². The monoisotopic (exact) mass is 485 g/mol. The first-order valence-corrected chi connectivity index (χ1v) is 12.6. The lowest BCUT2D eigenvalue weighted by Crippen LogP contribution is -2.50. The van der Waals surface area contributed by atoms with Crippen LogP contribution in [0.5, 0.6) is 0 Å². The van der Waals surface area contributed by atoms with Crippen molar-refractivity contribution in [2.75, 3.05) is 38.2 Å². The molecular formula is C24H31N5O4S. The van der Waals surface area contributed by atoms with Crippen LogP contribution in [0.25, 0.3) is 11.0 Å². The predicted octanol–water partition coefficient (Wildman–Crippen LogP) is 3.47. The van der Waals surface area contributed by atoms with Gasteiger partial charge in [0.1, 0.15) is 5.60 Å². The largest absolute Gasteiger partial charge is 0.444 e. The van der Waals surface area contributed by atoms with Crippen LogP contribution in [0, 0.1) is 0 Å². The Kier molecular flexibility index (Phi) is 7.18. The van der Waals surface area contributed by atoms with Gasteiger partial charge in [0, 0.05) is 45.2 Å². The summed E-state index contributed by atoms with van der Waals surface area (Å²) in [6, 6.07) is 9.74. The minimum Gasteiger partial charge on any atom is -0.444 e. The lowest BCUT2D eigenvalue weighted by Gasteiger charge is -2.36. The van der Waals surface area contributed by atoms with Crippen molar-refractivity contribution in [2.24, 2.45) is 0 Å². The van der Waals surface area contributed by atoms with Crippen LogP contribution in [-0.4, -0.2) is 69.0 Å². The van der Waals surface area contributed by atoms with Gasteiger partial charge >= 0.3 is 6.09 Å². The summed E-state index contributed by atoms with van der Waals surface area (Å²) in [7, 11) is 0.290. The summed E-state index contributed by atoms with van der Waals surface area (Å²) in [6.07, 6.45) is 1.43. The fourth-order valence-corrected chi connectivity index (χ4v) is 4.81. The molecule has 1 aliphatic rings. The van der Waals surface area contributed by atoms with Gasteiger partial charge in [0.2, 0.25) is 0 Å². The highest BCUT2D eigenvalue weighted by atomic mass is 32.2. The molecule has 0 saturated carbocycles. The number of benzene rings is 1. The number of amides is 1. The Morgan fingerprint density at radius 3 is 2.62 bits per heavy atom. The van der Waals surface area contributed by atoms with Crippen LogP contribution >= 0.6 is 0 Å². The normalized spacial score (nSPS) is 15.5. The van der Waals surface area contributed by atoms with Crippen molar-refractivity contribution in [2.45, 2.75) is 43.9 Å². The van der Waals surface area contributed by atoms with E-state index in [-0.39, 0.29) is 11.8 Å². The zero-order valence-electron chi connectivity index (χ0n) is 20.0. The molecule has 10 heteroatoms. The van der Waals surface area contributed by atoms with Gasteiger partial charge in [-0.15, -0.1) is 0 Å². The highest BCUT2D eigenvalue weighted by molar-refractivity contribution is 7.84. The molecule has 9 nitrogen and oxygen atoms in total. The molecule has 2 aromatic heterocycles. The number of nitrogens with zero attached hydrogens (tertiary/aromatic N) is 4. The second-order valence-electron chi connectivity index (χ2n) is 9.28. The first-order valence-electron chi connectivity index (χ1n) is 11.3. The molecule has 0 aliphatic carbocycles. The van der Waals surface area contributed by atoms with Crippen LogP contribution in [-0.2, 0) is 32.6 Å². The Balaban J connectivity index is 1.41. The van der Waals surface area contributed by atoms with E-state index >= 15 is 0 Å². The molecule has 1 atom stereocenters. The topological polar surface area (TPSA) is 101 Å². The number of carbonyl (C=O) groups excluding carboxylic acids is 1. The van der Waals surface area contributed by atoms with Crippen LogP contribution in [0.4, 0.5) is 10.5 Å². The molecule has 1 fully saturated rings. The summed E-state index contributed by atoms with van der Waals surface area (Å²) in [5, 5.41) is 0.431. The summed E-state index contributed by atoms with van der Waals surface area (Å²) >= 11 is 0. The molecule has 182 valence electrons. The molecule has 0 bridgehead atoms. The molecule has 1 aliphatic heterocycles. The minimum absolute atomic E-state index is 0.273. The summed E-state index contributed by atoms with van der Waals surface area (Å²) in [5.41, 5.74) is 3.85. The van der Waals surface area contributed by atoms with Crippen LogP contribution < -0.4 is 4.90 Å². The van der Waals surface area contributed by atoms with Crippen LogP contribution in [0.15, 0.2) is 41.7 Å². The van der Waals surface area contributed by atoms with Gasteiger partial charge in [-0.3, -0.25) is 9.19 Å². The predicted molar refractivity (Wildman–Crippen MR) is 131 cm³/mol. The van der Waals surface area contributed by atoms with Gasteiger partial charge in [0.05, 0.1) is 39.9 Å². The third kappa shape index (κ3) is 5.92. The zero-order valence-corrected chi connectivity index (χ0v) is 20.9. The van der Waals surface area contributed by atoms with Gasteiger partial charge in [0.25, 0.3) is 0 Å². The van der Waals surface area contributed by atoms with Crippen molar-refractivity contribution < 1.29 is 18.5 Å². The smallest absolute Gasteiger partial charge is 0.410 e. The number of piperazine rings is 1. The van der Waals surface area contributed by atoms with E-state index in [1.165, 1.54) is 0 Å². The number of hydrogen-bond donors (Lipinski definition) is 1. The molecule has 1 unspecified atom stereocenters. The number of fused-ring (bicyclic) bond motifs is 1. The summed E-state index contributed by atoms with van der Waals surface area (Å²) in [4.78, 5) is 28.3. The minimum atomic E-state index is -1.35. The standard InChI is InChI=1S/C24H31N5O4S/c1-24(2,3)33-23(30)29-11-9-28(10-12-29)19-5-6-20-21(14-19)27-22(26-20)34(31)16-18-13-17(15-32-4)7-8-25-18/h5-8,13-14H,9-12,15-16H2,1-4H3,(H,26,27). The number of imidazole rings is 1. The molecule has 1 aromatic carbocycles. The Morgan fingerprint density at radius 1 is 1.15 bits per heavy atom. The second-order valence-corrected chi connectivity index (χ2v) is 10.6. The van der Waals surface area contributed by atoms with Gasteiger partial charge < -0.3 is 24.3 Å².